The number of furan rings is 1. The molecule has 0 aliphatic rings. The normalized spacial score (nSPS) is 10.3. The summed E-state index contributed by atoms with van der Waals surface area (Å²) < 4.78 is 4.96. The van der Waals surface area contributed by atoms with Crippen LogP contribution in [-0.2, 0) is 0 Å². The maximum absolute atomic E-state index is 4.96. The lowest BCUT2D eigenvalue weighted by Crippen LogP contribution is -1.75. The summed E-state index contributed by atoms with van der Waals surface area (Å²) in [4.78, 5) is 0. The molecule has 1 radical (unpaired) electrons. The Bertz CT molecular complexity index is 337. The van der Waals surface area contributed by atoms with Gasteiger partial charge in [0.05, 0.1) is 5.56 Å². The Morgan fingerprint density at radius 3 is 3.00 bits per heavy atom. The first-order chi connectivity index (χ1) is 5.36. The van der Waals surface area contributed by atoms with E-state index in [0.29, 0.717) is 11.6 Å². The minimum Gasteiger partial charge on any atom is -0.469 e. The van der Waals surface area contributed by atoms with Crippen LogP contribution < -0.4 is 0 Å². The Morgan fingerprint density at radius 1 is 1.55 bits per heavy atom. The van der Waals surface area contributed by atoms with E-state index in [1.807, 2.05) is 0 Å². The van der Waals surface area contributed by atoms with Gasteiger partial charge in [0, 0.05) is 6.92 Å². The minimum absolute atomic E-state index is 0.587. The van der Waals surface area contributed by atoms with E-state index in [9.17, 15) is 0 Å². The first kappa shape index (κ1) is 6.09. The van der Waals surface area contributed by atoms with Gasteiger partial charge in [0.15, 0.2) is 5.82 Å². The lowest BCUT2D eigenvalue weighted by Gasteiger charge is -1.80. The van der Waals surface area contributed by atoms with E-state index in [1.165, 1.54) is 0 Å². The van der Waals surface area contributed by atoms with Crippen LogP contribution in [0, 0.1) is 6.92 Å². The molecule has 0 aliphatic carbocycles. The standard InChI is InChI=1S/C6H5N4O/c1-4-2-5(3-11-4)6-7-9-10-8-6/h2-3H,1H2,(H,7,8,9,10). The molecule has 2 aromatic rings. The van der Waals surface area contributed by atoms with Crippen molar-refractivity contribution in [2.24, 2.45) is 0 Å². The van der Waals surface area contributed by atoms with Crippen molar-refractivity contribution in [2.45, 2.75) is 0 Å². The second kappa shape index (κ2) is 2.19. The largest absolute Gasteiger partial charge is 0.469 e. The van der Waals surface area contributed by atoms with Crippen LogP contribution in [0.5, 0.6) is 0 Å². The Hall–Kier alpha value is -1.65. The predicted molar refractivity (Wildman–Crippen MR) is 36.3 cm³/mol. The number of aromatic amines is 1. The van der Waals surface area contributed by atoms with Crippen molar-refractivity contribution in [1.82, 2.24) is 20.6 Å². The van der Waals surface area contributed by atoms with Gasteiger partial charge < -0.3 is 4.42 Å². The molecular weight excluding hydrogens is 144 g/mol. The molecule has 5 heteroatoms. The summed E-state index contributed by atoms with van der Waals surface area (Å²) in [5.74, 6) is 1.18. The molecule has 11 heavy (non-hydrogen) atoms. The third-order valence-electron chi connectivity index (χ3n) is 1.27. The highest BCUT2D eigenvalue weighted by atomic mass is 16.3. The lowest BCUT2D eigenvalue weighted by atomic mass is 10.3. The summed E-state index contributed by atoms with van der Waals surface area (Å²) in [5.41, 5.74) is 0.806. The molecule has 2 heterocycles. The number of aromatic nitrogens is 4. The average molecular weight is 149 g/mol. The Labute approximate surface area is 62.4 Å². The van der Waals surface area contributed by atoms with Crippen LogP contribution in [0.15, 0.2) is 16.7 Å². The van der Waals surface area contributed by atoms with E-state index in [0.717, 1.165) is 5.56 Å². The van der Waals surface area contributed by atoms with Crippen molar-refractivity contribution >= 4 is 0 Å². The summed E-state index contributed by atoms with van der Waals surface area (Å²) >= 11 is 0. The van der Waals surface area contributed by atoms with Gasteiger partial charge in [-0.2, -0.15) is 0 Å². The van der Waals surface area contributed by atoms with E-state index in [1.54, 1.807) is 12.3 Å². The average Bonchev–Trinajstić information content (AvgIpc) is 2.55. The second-order valence-corrected chi connectivity index (χ2v) is 2.05. The van der Waals surface area contributed by atoms with Gasteiger partial charge in [-0.05, 0) is 16.5 Å². The van der Waals surface area contributed by atoms with E-state index >= 15 is 0 Å². The molecule has 0 spiro atoms. The molecule has 0 aliphatic heterocycles. The first-order valence-corrected chi connectivity index (χ1v) is 3.01. The highest BCUT2D eigenvalue weighted by Gasteiger charge is 2.03. The SMILES string of the molecule is [CH2]c1cc(-c2nnn[nH]2)co1. The zero-order valence-corrected chi connectivity index (χ0v) is 5.61. The number of rotatable bonds is 1. The fourth-order valence-corrected chi connectivity index (χ4v) is 0.786. The fourth-order valence-electron chi connectivity index (χ4n) is 0.786. The van der Waals surface area contributed by atoms with Gasteiger partial charge in [0.1, 0.15) is 12.0 Å². The summed E-state index contributed by atoms with van der Waals surface area (Å²) in [6, 6.07) is 1.75. The molecule has 1 N–H and O–H groups in total. The molecular formula is C6H5N4O. The molecule has 0 saturated carbocycles. The van der Waals surface area contributed by atoms with Crippen molar-refractivity contribution in [1.29, 1.82) is 0 Å². The topological polar surface area (TPSA) is 67.6 Å². The van der Waals surface area contributed by atoms with Gasteiger partial charge in [0.2, 0.25) is 0 Å². The molecule has 55 valence electrons. The van der Waals surface area contributed by atoms with Crippen molar-refractivity contribution in [3.05, 3.63) is 25.0 Å². The number of nitrogens with one attached hydrogen (secondary N) is 1. The van der Waals surface area contributed by atoms with E-state index in [2.05, 4.69) is 27.5 Å². The zero-order valence-electron chi connectivity index (χ0n) is 5.61. The van der Waals surface area contributed by atoms with Crippen molar-refractivity contribution in [3.8, 4) is 11.4 Å². The Morgan fingerprint density at radius 2 is 2.45 bits per heavy atom. The number of hydrogen-bond donors (Lipinski definition) is 1. The summed E-state index contributed by atoms with van der Waals surface area (Å²) in [6.07, 6.45) is 1.55. The maximum atomic E-state index is 4.96. The molecule has 0 atom stereocenters. The minimum atomic E-state index is 0.587. The quantitative estimate of drug-likeness (QED) is 0.646. The Balaban J connectivity index is 2.45. The van der Waals surface area contributed by atoms with Crippen LogP contribution in [0.4, 0.5) is 0 Å². The van der Waals surface area contributed by atoms with E-state index in [-0.39, 0.29) is 0 Å². The van der Waals surface area contributed by atoms with Crippen LogP contribution in [0.1, 0.15) is 5.76 Å². The highest BCUT2D eigenvalue weighted by molar-refractivity contribution is 5.52. The van der Waals surface area contributed by atoms with Crippen molar-refractivity contribution in [2.75, 3.05) is 0 Å². The lowest BCUT2D eigenvalue weighted by molar-refractivity contribution is 0.549. The van der Waals surface area contributed by atoms with Gasteiger partial charge in [-0.25, -0.2) is 5.10 Å². The molecule has 0 saturated heterocycles. The summed E-state index contributed by atoms with van der Waals surface area (Å²) in [5, 5.41) is 13.2. The molecule has 0 fully saturated rings. The van der Waals surface area contributed by atoms with Crippen LogP contribution in [0.2, 0.25) is 0 Å². The summed E-state index contributed by atoms with van der Waals surface area (Å²) in [6.45, 7) is 3.60. The van der Waals surface area contributed by atoms with Crippen LogP contribution in [-0.4, -0.2) is 20.6 Å². The van der Waals surface area contributed by atoms with Crippen molar-refractivity contribution in [3.63, 3.8) is 0 Å². The van der Waals surface area contributed by atoms with Gasteiger partial charge in [-0.3, -0.25) is 0 Å². The predicted octanol–water partition coefficient (Wildman–Crippen LogP) is 0.642. The van der Waals surface area contributed by atoms with E-state index in [4.69, 9.17) is 4.42 Å². The number of hydrogen-bond acceptors (Lipinski definition) is 4. The summed E-state index contributed by atoms with van der Waals surface area (Å²) in [7, 11) is 0. The number of nitrogens with zero attached hydrogens (tertiary/aromatic N) is 3. The highest BCUT2D eigenvalue weighted by Crippen LogP contribution is 2.15. The first-order valence-electron chi connectivity index (χ1n) is 3.01. The van der Waals surface area contributed by atoms with Gasteiger partial charge in [-0.1, -0.05) is 0 Å². The third kappa shape index (κ3) is 1.000. The second-order valence-electron chi connectivity index (χ2n) is 2.05. The third-order valence-corrected chi connectivity index (χ3v) is 1.27. The molecule has 0 aromatic carbocycles. The number of tetrazole rings is 1. The van der Waals surface area contributed by atoms with Crippen LogP contribution in [0.25, 0.3) is 11.4 Å². The molecule has 0 amide bonds. The molecule has 0 bridgehead atoms. The molecule has 5 nitrogen and oxygen atoms in total. The molecule has 2 rings (SSSR count). The Kier molecular flexibility index (Phi) is 1.21. The maximum Gasteiger partial charge on any atom is 0.182 e. The van der Waals surface area contributed by atoms with Crippen molar-refractivity contribution < 1.29 is 4.42 Å². The van der Waals surface area contributed by atoms with Gasteiger partial charge in [-0.15, -0.1) is 5.10 Å². The number of H-pyrrole nitrogens is 1. The zero-order chi connectivity index (χ0) is 7.68. The van der Waals surface area contributed by atoms with E-state index < -0.39 is 0 Å². The monoisotopic (exact) mass is 149 g/mol. The van der Waals surface area contributed by atoms with Crippen LogP contribution in [0.3, 0.4) is 0 Å². The molecule has 0 unspecified atom stereocenters. The van der Waals surface area contributed by atoms with Crippen LogP contribution >= 0.6 is 0 Å². The van der Waals surface area contributed by atoms with Gasteiger partial charge >= 0.3 is 0 Å². The molecule has 2 aromatic heterocycles. The smallest absolute Gasteiger partial charge is 0.182 e. The fraction of sp³-hybridized carbons (Fsp3) is 0. The van der Waals surface area contributed by atoms with Gasteiger partial charge in [0.25, 0.3) is 0 Å².